The predicted octanol–water partition coefficient (Wildman–Crippen LogP) is 6.04. The molecule has 0 bridgehead atoms. The van der Waals surface area contributed by atoms with Gasteiger partial charge in [-0.25, -0.2) is 0 Å². The lowest BCUT2D eigenvalue weighted by molar-refractivity contribution is -0.385. The van der Waals surface area contributed by atoms with Crippen molar-refractivity contribution in [2.45, 2.75) is 25.3 Å². The Bertz CT molecular complexity index is 890. The van der Waals surface area contributed by atoms with Gasteiger partial charge in [0.2, 0.25) is 0 Å². The lowest BCUT2D eigenvalue weighted by atomic mass is 9.75. The third-order valence-electron chi connectivity index (χ3n) is 5.21. The molecule has 3 atom stereocenters. The van der Waals surface area contributed by atoms with E-state index in [4.69, 9.17) is 23.2 Å². The van der Waals surface area contributed by atoms with Crippen molar-refractivity contribution in [3.05, 3.63) is 79.3 Å². The van der Waals surface area contributed by atoms with Crippen LogP contribution in [0.25, 0.3) is 0 Å². The van der Waals surface area contributed by atoms with Gasteiger partial charge in [-0.15, -0.1) is 0 Å². The Balaban J connectivity index is 1.92. The largest absolute Gasteiger partial charge is 0.377 e. The molecule has 1 N–H and O–H groups in total. The van der Waals surface area contributed by atoms with E-state index in [1.54, 1.807) is 12.1 Å². The Morgan fingerprint density at radius 3 is 2.56 bits per heavy atom. The van der Waals surface area contributed by atoms with Crippen LogP contribution >= 0.6 is 23.2 Å². The predicted molar refractivity (Wildman–Crippen MR) is 101 cm³/mol. The highest BCUT2D eigenvalue weighted by Gasteiger charge is 2.43. The number of nitrogens with zero attached hydrogens (tertiary/aromatic N) is 1. The maximum atomic E-state index is 11.5. The third-order valence-corrected chi connectivity index (χ3v) is 5.87. The van der Waals surface area contributed by atoms with Gasteiger partial charge in [0.15, 0.2) is 0 Å². The Morgan fingerprint density at radius 2 is 1.88 bits per heavy atom. The molecule has 25 heavy (non-hydrogen) atoms. The standard InChI is InChI=1S/C19H16Cl2N2O2/c1-10-8-9-15(23(24)25)16-11-4-2-5-12(11)19(22-18(10)16)17-13(20)6-3-7-14(17)21/h2-4,6-9,11-12,19,22H,5H2,1H3. The smallest absolute Gasteiger partial charge is 0.275 e. The lowest BCUT2D eigenvalue weighted by Crippen LogP contribution is -2.30. The molecule has 1 heterocycles. The van der Waals surface area contributed by atoms with Crippen LogP contribution in [-0.2, 0) is 0 Å². The van der Waals surface area contributed by atoms with Crippen LogP contribution in [0.15, 0.2) is 42.5 Å². The quantitative estimate of drug-likeness (QED) is 0.396. The van der Waals surface area contributed by atoms with E-state index in [-0.39, 0.29) is 28.5 Å². The molecule has 6 heteroatoms. The summed E-state index contributed by atoms with van der Waals surface area (Å²) in [7, 11) is 0. The topological polar surface area (TPSA) is 55.2 Å². The van der Waals surface area contributed by atoms with Crippen LogP contribution in [0.2, 0.25) is 10.0 Å². The summed E-state index contributed by atoms with van der Waals surface area (Å²) in [6.07, 6.45) is 5.00. The fourth-order valence-electron chi connectivity index (χ4n) is 4.09. The molecule has 4 nitrogen and oxygen atoms in total. The van der Waals surface area contributed by atoms with Gasteiger partial charge >= 0.3 is 0 Å². The first kappa shape index (κ1) is 16.4. The second-order valence-corrected chi connectivity index (χ2v) is 7.37. The minimum Gasteiger partial charge on any atom is -0.377 e. The van der Waals surface area contributed by atoms with Crippen molar-refractivity contribution in [1.29, 1.82) is 0 Å². The lowest BCUT2D eigenvalue weighted by Gasteiger charge is -2.38. The van der Waals surface area contributed by atoms with Crippen molar-refractivity contribution in [2.75, 3.05) is 5.32 Å². The zero-order chi connectivity index (χ0) is 17.7. The van der Waals surface area contributed by atoms with Crippen molar-refractivity contribution in [2.24, 2.45) is 5.92 Å². The number of fused-ring (bicyclic) bond motifs is 3. The highest BCUT2D eigenvalue weighted by molar-refractivity contribution is 6.36. The summed E-state index contributed by atoms with van der Waals surface area (Å²) in [5, 5.41) is 16.3. The van der Waals surface area contributed by atoms with E-state index in [1.807, 2.05) is 25.1 Å². The molecule has 4 rings (SSSR count). The summed E-state index contributed by atoms with van der Waals surface area (Å²) in [4.78, 5) is 11.2. The summed E-state index contributed by atoms with van der Waals surface area (Å²) in [6, 6.07) is 8.78. The summed E-state index contributed by atoms with van der Waals surface area (Å²) in [6.45, 7) is 1.96. The van der Waals surface area contributed by atoms with Gasteiger partial charge in [-0.05, 0) is 37.0 Å². The number of hydrogen-bond donors (Lipinski definition) is 1. The number of anilines is 1. The zero-order valence-corrected chi connectivity index (χ0v) is 15.0. The maximum Gasteiger partial charge on any atom is 0.275 e. The highest BCUT2D eigenvalue weighted by atomic mass is 35.5. The van der Waals surface area contributed by atoms with Crippen LogP contribution in [0.1, 0.15) is 35.1 Å². The van der Waals surface area contributed by atoms with Gasteiger partial charge in [-0.2, -0.15) is 0 Å². The molecule has 2 aromatic carbocycles. The van der Waals surface area contributed by atoms with E-state index in [1.165, 1.54) is 0 Å². The van der Waals surface area contributed by atoms with Gasteiger partial charge in [0, 0.05) is 33.3 Å². The minimum absolute atomic E-state index is 0.0195. The number of benzene rings is 2. The van der Waals surface area contributed by atoms with Gasteiger partial charge in [-0.1, -0.05) is 47.5 Å². The molecule has 2 aliphatic rings. The summed E-state index contributed by atoms with van der Waals surface area (Å²) >= 11 is 12.9. The molecule has 0 radical (unpaired) electrons. The average Bonchev–Trinajstić information content (AvgIpc) is 3.05. The van der Waals surface area contributed by atoms with E-state index in [0.29, 0.717) is 10.0 Å². The maximum absolute atomic E-state index is 11.5. The second-order valence-electron chi connectivity index (χ2n) is 6.56. The summed E-state index contributed by atoms with van der Waals surface area (Å²) in [5.74, 6) is 0.124. The number of rotatable bonds is 2. The fourth-order valence-corrected chi connectivity index (χ4v) is 4.72. The Hall–Kier alpha value is -2.04. The van der Waals surface area contributed by atoms with E-state index in [0.717, 1.165) is 28.8 Å². The average molecular weight is 375 g/mol. The molecular weight excluding hydrogens is 359 g/mol. The molecule has 0 fully saturated rings. The summed E-state index contributed by atoms with van der Waals surface area (Å²) < 4.78 is 0. The molecule has 0 saturated heterocycles. The molecule has 0 aromatic heterocycles. The van der Waals surface area contributed by atoms with E-state index < -0.39 is 0 Å². The van der Waals surface area contributed by atoms with Gasteiger partial charge < -0.3 is 5.32 Å². The van der Waals surface area contributed by atoms with E-state index in [2.05, 4.69) is 17.5 Å². The Morgan fingerprint density at radius 1 is 1.16 bits per heavy atom. The molecule has 3 unspecified atom stereocenters. The van der Waals surface area contributed by atoms with E-state index in [9.17, 15) is 10.1 Å². The van der Waals surface area contributed by atoms with Crippen LogP contribution in [0.5, 0.6) is 0 Å². The van der Waals surface area contributed by atoms with Crippen LogP contribution in [-0.4, -0.2) is 4.92 Å². The Labute approximate surface area is 155 Å². The van der Waals surface area contributed by atoms with Gasteiger partial charge in [0.1, 0.15) is 0 Å². The van der Waals surface area contributed by atoms with Crippen molar-refractivity contribution in [3.63, 3.8) is 0 Å². The monoisotopic (exact) mass is 374 g/mol. The molecule has 0 spiro atoms. The zero-order valence-electron chi connectivity index (χ0n) is 13.5. The molecule has 0 amide bonds. The molecule has 128 valence electrons. The number of nitro benzene ring substituents is 1. The first-order valence-electron chi connectivity index (χ1n) is 8.14. The van der Waals surface area contributed by atoms with Crippen molar-refractivity contribution in [1.82, 2.24) is 0 Å². The number of nitrogens with one attached hydrogen (secondary N) is 1. The number of aryl methyl sites for hydroxylation is 1. The van der Waals surface area contributed by atoms with Crippen LogP contribution in [0.3, 0.4) is 0 Å². The first-order valence-corrected chi connectivity index (χ1v) is 8.89. The number of nitro groups is 1. The molecule has 0 saturated carbocycles. The van der Waals surface area contributed by atoms with Gasteiger partial charge in [-0.3, -0.25) is 10.1 Å². The third kappa shape index (κ3) is 2.52. The van der Waals surface area contributed by atoms with Gasteiger partial charge in [0.25, 0.3) is 5.69 Å². The normalized spacial score (nSPS) is 23.7. The van der Waals surface area contributed by atoms with Crippen molar-refractivity contribution < 1.29 is 4.92 Å². The van der Waals surface area contributed by atoms with Crippen LogP contribution < -0.4 is 5.32 Å². The highest BCUT2D eigenvalue weighted by Crippen LogP contribution is 2.54. The Kier molecular flexibility index (Phi) is 3.97. The minimum atomic E-state index is -0.300. The van der Waals surface area contributed by atoms with Crippen molar-refractivity contribution >= 4 is 34.6 Å². The van der Waals surface area contributed by atoms with E-state index >= 15 is 0 Å². The fraction of sp³-hybridized carbons (Fsp3) is 0.263. The molecule has 1 aliphatic heterocycles. The van der Waals surface area contributed by atoms with Crippen LogP contribution in [0.4, 0.5) is 11.4 Å². The SMILES string of the molecule is Cc1ccc([N+](=O)[O-])c2c1NC(c1c(Cl)cccc1Cl)C1CC=CC21. The number of hydrogen-bond acceptors (Lipinski definition) is 3. The second kappa shape index (κ2) is 6.04. The first-order chi connectivity index (χ1) is 12.0. The number of halogens is 2. The van der Waals surface area contributed by atoms with Gasteiger partial charge in [0.05, 0.1) is 16.5 Å². The van der Waals surface area contributed by atoms with Crippen molar-refractivity contribution in [3.8, 4) is 0 Å². The van der Waals surface area contributed by atoms with Crippen LogP contribution in [0, 0.1) is 23.0 Å². The molecule has 1 aliphatic carbocycles. The molecular formula is C19H16Cl2N2O2. The molecule has 2 aromatic rings. The summed E-state index contributed by atoms with van der Waals surface area (Å²) in [5.41, 5.74) is 3.60. The number of allylic oxidation sites excluding steroid dienone is 2.